The van der Waals surface area contributed by atoms with Gasteiger partial charge >= 0.3 is 0 Å². The van der Waals surface area contributed by atoms with Crippen molar-refractivity contribution in [1.29, 1.82) is 0 Å². The summed E-state index contributed by atoms with van der Waals surface area (Å²) >= 11 is 3.22. The lowest BCUT2D eigenvalue weighted by atomic mass is 9.89. The topological polar surface area (TPSA) is 85.1 Å². The average molecular weight is 360 g/mol. The van der Waals surface area contributed by atoms with Crippen LogP contribution in [0, 0.1) is 17.8 Å². The molecule has 3 atom stereocenters. The molecule has 3 N–H and O–H groups in total. The van der Waals surface area contributed by atoms with E-state index < -0.39 is 10.0 Å². The monoisotopic (exact) mass is 359 g/mol. The summed E-state index contributed by atoms with van der Waals surface area (Å²) < 4.78 is 27.9. The summed E-state index contributed by atoms with van der Waals surface area (Å²) in [6.07, 6.45) is 6.48. The molecule has 1 aromatic rings. The number of nitrogens with two attached hydrogens (primary N) is 1. The Morgan fingerprint density at radius 2 is 2.20 bits per heavy atom. The summed E-state index contributed by atoms with van der Waals surface area (Å²) in [5.41, 5.74) is 5.67. The third-order valence-electron chi connectivity index (χ3n) is 4.56. The lowest BCUT2D eigenvalue weighted by Crippen LogP contribution is -2.32. The lowest BCUT2D eigenvalue weighted by molar-refractivity contribution is 0.333. The molecule has 2 aliphatic rings. The standard InChI is InChI=1S/C13H18BrN3O2S/c14-11-5-12(13(15)16-7-11)20(18,19)17-6-10-4-8-1-2-9(10)3-8/h5,7-10,17H,1-4,6H2,(H2,15,16). The van der Waals surface area contributed by atoms with Crippen LogP contribution in [0.2, 0.25) is 0 Å². The van der Waals surface area contributed by atoms with Gasteiger partial charge in [-0.1, -0.05) is 6.42 Å². The number of sulfonamides is 1. The molecule has 110 valence electrons. The van der Waals surface area contributed by atoms with Crippen LogP contribution in [0.15, 0.2) is 21.6 Å². The molecule has 2 aliphatic carbocycles. The molecule has 0 saturated heterocycles. The first kappa shape index (κ1) is 14.3. The number of fused-ring (bicyclic) bond motifs is 2. The van der Waals surface area contributed by atoms with Crippen molar-refractivity contribution in [1.82, 2.24) is 9.71 Å². The zero-order chi connectivity index (χ0) is 14.3. The molecule has 2 fully saturated rings. The molecular formula is C13H18BrN3O2S. The minimum absolute atomic E-state index is 0.0358. The molecule has 3 unspecified atom stereocenters. The van der Waals surface area contributed by atoms with Crippen LogP contribution in [0.4, 0.5) is 5.82 Å². The SMILES string of the molecule is Nc1ncc(Br)cc1S(=O)(=O)NCC1CC2CCC1C2. The van der Waals surface area contributed by atoms with E-state index >= 15 is 0 Å². The Hall–Kier alpha value is -0.660. The summed E-state index contributed by atoms with van der Waals surface area (Å²) in [5, 5.41) is 0. The minimum atomic E-state index is -3.59. The van der Waals surface area contributed by atoms with Gasteiger partial charge in [-0.2, -0.15) is 0 Å². The van der Waals surface area contributed by atoms with Crippen molar-refractivity contribution < 1.29 is 8.42 Å². The number of nitrogens with one attached hydrogen (secondary N) is 1. The first-order valence-corrected chi connectivity index (χ1v) is 9.14. The van der Waals surface area contributed by atoms with E-state index in [4.69, 9.17) is 5.73 Å². The van der Waals surface area contributed by atoms with E-state index in [9.17, 15) is 8.42 Å². The fraction of sp³-hybridized carbons (Fsp3) is 0.615. The van der Waals surface area contributed by atoms with E-state index in [1.165, 1.54) is 31.5 Å². The van der Waals surface area contributed by atoms with E-state index in [1.807, 2.05) is 0 Å². The van der Waals surface area contributed by atoms with Gasteiger partial charge in [-0.15, -0.1) is 0 Å². The third kappa shape index (κ3) is 2.71. The molecule has 1 heterocycles. The summed E-state index contributed by atoms with van der Waals surface area (Å²) in [7, 11) is -3.59. The molecule has 7 heteroatoms. The molecule has 1 aromatic heterocycles. The largest absolute Gasteiger partial charge is 0.383 e. The zero-order valence-corrected chi connectivity index (χ0v) is 13.5. The van der Waals surface area contributed by atoms with Gasteiger partial charge in [-0.3, -0.25) is 0 Å². The molecule has 2 saturated carbocycles. The van der Waals surface area contributed by atoms with E-state index in [1.54, 1.807) is 0 Å². The van der Waals surface area contributed by atoms with Crippen LogP contribution in [0.3, 0.4) is 0 Å². The van der Waals surface area contributed by atoms with Gasteiger partial charge in [0.25, 0.3) is 0 Å². The van der Waals surface area contributed by atoms with E-state index in [0.29, 0.717) is 22.9 Å². The van der Waals surface area contributed by atoms with Gasteiger partial charge < -0.3 is 5.73 Å². The molecule has 0 aromatic carbocycles. The van der Waals surface area contributed by atoms with Crippen molar-refractivity contribution in [2.24, 2.45) is 17.8 Å². The normalized spacial score (nSPS) is 28.9. The number of nitrogen functional groups attached to an aromatic ring is 1. The van der Waals surface area contributed by atoms with Crippen molar-refractivity contribution >= 4 is 31.8 Å². The number of aromatic nitrogens is 1. The predicted molar refractivity (Wildman–Crippen MR) is 80.5 cm³/mol. The Morgan fingerprint density at radius 1 is 1.40 bits per heavy atom. The average Bonchev–Trinajstić information content (AvgIpc) is 3.01. The predicted octanol–water partition coefficient (Wildman–Crippen LogP) is 2.14. The number of pyridine rings is 1. The number of hydrogen-bond acceptors (Lipinski definition) is 4. The highest BCUT2D eigenvalue weighted by Gasteiger charge is 2.39. The second-order valence-corrected chi connectivity index (χ2v) is 8.47. The summed E-state index contributed by atoms with van der Waals surface area (Å²) in [5.74, 6) is 2.02. The minimum Gasteiger partial charge on any atom is -0.383 e. The van der Waals surface area contributed by atoms with Gasteiger partial charge in [-0.05, 0) is 59.0 Å². The van der Waals surface area contributed by atoms with Gasteiger partial charge in [0.05, 0.1) is 0 Å². The summed E-state index contributed by atoms with van der Waals surface area (Å²) in [6.45, 7) is 0.509. The molecule has 3 rings (SSSR count). The second kappa shape index (κ2) is 5.27. The van der Waals surface area contributed by atoms with Crippen LogP contribution in [-0.2, 0) is 10.0 Å². The van der Waals surface area contributed by atoms with Crippen molar-refractivity contribution in [2.75, 3.05) is 12.3 Å². The first-order chi connectivity index (χ1) is 9.45. The molecular weight excluding hydrogens is 342 g/mol. The van der Waals surface area contributed by atoms with Crippen molar-refractivity contribution in [2.45, 2.75) is 30.6 Å². The number of hydrogen-bond donors (Lipinski definition) is 2. The van der Waals surface area contributed by atoms with Crippen LogP contribution in [0.1, 0.15) is 25.7 Å². The van der Waals surface area contributed by atoms with Gasteiger partial charge in [-0.25, -0.2) is 18.1 Å². The van der Waals surface area contributed by atoms with Gasteiger partial charge in [0.2, 0.25) is 10.0 Å². The Balaban J connectivity index is 1.71. The maximum Gasteiger partial charge on any atom is 0.244 e. The number of halogens is 1. The number of anilines is 1. The van der Waals surface area contributed by atoms with Crippen molar-refractivity contribution in [3.05, 3.63) is 16.7 Å². The molecule has 0 aliphatic heterocycles. The van der Waals surface area contributed by atoms with Gasteiger partial charge in [0, 0.05) is 17.2 Å². The first-order valence-electron chi connectivity index (χ1n) is 6.86. The Labute approximate surface area is 127 Å². The van der Waals surface area contributed by atoms with E-state index in [0.717, 1.165) is 12.3 Å². The van der Waals surface area contributed by atoms with Gasteiger partial charge in [0.1, 0.15) is 10.7 Å². The fourth-order valence-electron chi connectivity index (χ4n) is 3.57. The van der Waals surface area contributed by atoms with Crippen molar-refractivity contribution in [3.8, 4) is 0 Å². The van der Waals surface area contributed by atoms with Crippen LogP contribution in [-0.4, -0.2) is 19.9 Å². The number of nitrogens with zero attached hydrogens (tertiary/aromatic N) is 1. The Morgan fingerprint density at radius 3 is 2.85 bits per heavy atom. The van der Waals surface area contributed by atoms with Crippen LogP contribution >= 0.6 is 15.9 Å². The molecule has 2 bridgehead atoms. The zero-order valence-electron chi connectivity index (χ0n) is 11.0. The van der Waals surface area contributed by atoms with Gasteiger partial charge in [0.15, 0.2) is 0 Å². The van der Waals surface area contributed by atoms with Crippen LogP contribution < -0.4 is 10.5 Å². The molecule has 20 heavy (non-hydrogen) atoms. The summed E-state index contributed by atoms with van der Waals surface area (Å²) in [4.78, 5) is 3.93. The third-order valence-corrected chi connectivity index (χ3v) is 6.44. The van der Waals surface area contributed by atoms with Crippen LogP contribution in [0.5, 0.6) is 0 Å². The maximum atomic E-state index is 12.3. The Kier molecular flexibility index (Phi) is 3.77. The van der Waals surface area contributed by atoms with Crippen molar-refractivity contribution in [3.63, 3.8) is 0 Å². The highest BCUT2D eigenvalue weighted by Crippen LogP contribution is 2.48. The fourth-order valence-corrected chi connectivity index (χ4v) is 5.25. The van der Waals surface area contributed by atoms with E-state index in [-0.39, 0.29) is 10.7 Å². The molecule has 0 radical (unpaired) electrons. The Bertz CT molecular complexity index is 620. The quantitative estimate of drug-likeness (QED) is 0.862. The number of rotatable bonds is 4. The highest BCUT2D eigenvalue weighted by molar-refractivity contribution is 9.10. The lowest BCUT2D eigenvalue weighted by Gasteiger charge is -2.21. The second-order valence-electron chi connectivity index (χ2n) is 5.82. The smallest absolute Gasteiger partial charge is 0.244 e. The highest BCUT2D eigenvalue weighted by atomic mass is 79.9. The van der Waals surface area contributed by atoms with E-state index in [2.05, 4.69) is 25.6 Å². The molecule has 0 spiro atoms. The molecule has 5 nitrogen and oxygen atoms in total. The van der Waals surface area contributed by atoms with Crippen LogP contribution in [0.25, 0.3) is 0 Å². The summed E-state index contributed by atoms with van der Waals surface area (Å²) in [6, 6.07) is 1.49. The molecule has 0 amide bonds. The maximum absolute atomic E-state index is 12.3.